The van der Waals surface area contributed by atoms with Gasteiger partial charge in [-0.25, -0.2) is 0 Å². The van der Waals surface area contributed by atoms with E-state index >= 15 is 0 Å². The van der Waals surface area contributed by atoms with Gasteiger partial charge in [0.05, 0.1) is 0 Å². The zero-order chi connectivity index (χ0) is 7.56. The highest BCUT2D eigenvalue weighted by Gasteiger charge is 1.93. The van der Waals surface area contributed by atoms with Crippen LogP contribution in [-0.2, 0) is 0 Å². The van der Waals surface area contributed by atoms with Crippen molar-refractivity contribution in [3.05, 3.63) is 29.8 Å². The Balaban J connectivity index is 0. The quantitative estimate of drug-likeness (QED) is 0.371. The van der Waals surface area contributed by atoms with Crippen LogP contribution in [0.15, 0.2) is 24.3 Å². The molecule has 0 aromatic heterocycles. The third-order valence-corrected chi connectivity index (χ3v) is 1.18. The largest absolute Gasteiger partial charge is 0.508 e. The average molecular weight is 172 g/mol. The number of hydrogen-bond donors (Lipinski definition) is 3. The molecule has 0 radical (unpaired) electrons. The Morgan fingerprint density at radius 3 is 1.92 bits per heavy atom. The molecule has 5 heteroatoms. The zero-order valence-electron chi connectivity index (χ0n) is 6.33. The molecule has 68 valence electrons. The van der Waals surface area contributed by atoms with Crippen LogP contribution in [0, 0.1) is 5.41 Å². The maximum atomic E-state index is 8.83. The molecule has 1 aromatic rings. The van der Waals surface area contributed by atoms with E-state index in [1.54, 1.807) is 12.1 Å². The highest BCUT2D eigenvalue weighted by molar-refractivity contribution is 5.94. The minimum atomic E-state index is 0. The lowest BCUT2D eigenvalue weighted by atomic mass is 10.2. The van der Waals surface area contributed by atoms with Gasteiger partial charge in [0.25, 0.3) is 0 Å². The molecule has 0 heterocycles. The highest BCUT2D eigenvalue weighted by atomic mass is 16.3. The van der Waals surface area contributed by atoms with Gasteiger partial charge in [-0.3, -0.25) is 5.41 Å². The van der Waals surface area contributed by atoms with Crippen molar-refractivity contribution in [2.45, 2.75) is 0 Å². The van der Waals surface area contributed by atoms with E-state index in [1.165, 1.54) is 12.1 Å². The molecule has 0 amide bonds. The van der Waals surface area contributed by atoms with Crippen molar-refractivity contribution in [3.63, 3.8) is 0 Å². The lowest BCUT2D eigenvalue weighted by Gasteiger charge is -1.95. The second kappa shape index (κ2) is 5.11. The molecule has 0 aliphatic heterocycles. The first kappa shape index (κ1) is 13.0. The smallest absolute Gasteiger partial charge is 0.122 e. The number of nitrogens with one attached hydrogen (secondary N) is 1. The van der Waals surface area contributed by atoms with Crippen molar-refractivity contribution >= 4 is 5.84 Å². The molecular formula is C7H12N2O3. The van der Waals surface area contributed by atoms with Crippen LogP contribution in [0.5, 0.6) is 5.75 Å². The van der Waals surface area contributed by atoms with Gasteiger partial charge in [-0.2, -0.15) is 0 Å². The summed E-state index contributed by atoms with van der Waals surface area (Å²) in [5, 5.41) is 15.8. The van der Waals surface area contributed by atoms with Crippen LogP contribution in [0.2, 0.25) is 0 Å². The van der Waals surface area contributed by atoms with Crippen LogP contribution in [0.4, 0.5) is 0 Å². The number of benzene rings is 1. The Bertz CT molecular complexity index is 245. The molecule has 0 bridgehead atoms. The predicted octanol–water partition coefficient (Wildman–Crippen LogP) is -0.973. The third-order valence-electron chi connectivity index (χ3n) is 1.18. The van der Waals surface area contributed by atoms with Gasteiger partial charge in [-0.05, 0) is 24.3 Å². The van der Waals surface area contributed by atoms with Gasteiger partial charge in [-0.1, -0.05) is 0 Å². The van der Waals surface area contributed by atoms with E-state index in [1.807, 2.05) is 0 Å². The van der Waals surface area contributed by atoms with Crippen molar-refractivity contribution in [2.75, 3.05) is 0 Å². The van der Waals surface area contributed by atoms with Gasteiger partial charge < -0.3 is 21.8 Å². The lowest BCUT2D eigenvalue weighted by Crippen LogP contribution is -2.10. The van der Waals surface area contributed by atoms with Crippen molar-refractivity contribution in [1.29, 1.82) is 5.41 Å². The SMILES string of the molecule is N=C(N)c1ccc(O)cc1.O.O. The molecule has 0 saturated heterocycles. The van der Waals surface area contributed by atoms with Crippen molar-refractivity contribution in [2.24, 2.45) is 5.73 Å². The van der Waals surface area contributed by atoms with Gasteiger partial charge >= 0.3 is 0 Å². The summed E-state index contributed by atoms with van der Waals surface area (Å²) in [5.41, 5.74) is 5.79. The Kier molecular flexibility index (Phi) is 5.55. The molecule has 0 unspecified atom stereocenters. The average Bonchev–Trinajstić information content (AvgIpc) is 1.88. The predicted molar refractivity (Wildman–Crippen MR) is 46.4 cm³/mol. The number of phenolic OH excluding ortho intramolecular Hbond substituents is 1. The normalized spacial score (nSPS) is 7.67. The number of amidine groups is 1. The van der Waals surface area contributed by atoms with Crippen LogP contribution < -0.4 is 5.73 Å². The molecule has 0 aliphatic carbocycles. The topological polar surface area (TPSA) is 133 Å². The Morgan fingerprint density at radius 1 is 1.17 bits per heavy atom. The first-order chi connectivity index (χ1) is 4.70. The number of phenols is 1. The molecule has 0 spiro atoms. The first-order valence-electron chi connectivity index (χ1n) is 2.83. The Labute approximate surface area is 69.6 Å². The van der Waals surface area contributed by atoms with E-state index in [4.69, 9.17) is 16.2 Å². The van der Waals surface area contributed by atoms with Gasteiger partial charge in [0.1, 0.15) is 11.6 Å². The molecule has 1 aromatic carbocycles. The van der Waals surface area contributed by atoms with E-state index < -0.39 is 0 Å². The van der Waals surface area contributed by atoms with Crippen molar-refractivity contribution in [3.8, 4) is 5.75 Å². The van der Waals surface area contributed by atoms with Gasteiger partial charge in [0.15, 0.2) is 0 Å². The number of aromatic hydroxyl groups is 1. The number of nitrogens with two attached hydrogens (primary N) is 1. The van der Waals surface area contributed by atoms with Crippen LogP contribution in [0.1, 0.15) is 5.56 Å². The standard InChI is InChI=1S/C7H8N2O.2H2O/c8-7(9)5-1-3-6(10)4-2-5;;/h1-4,10H,(H3,8,9);2*1H2. The molecule has 0 saturated carbocycles. The number of rotatable bonds is 1. The fourth-order valence-corrected chi connectivity index (χ4v) is 0.641. The maximum absolute atomic E-state index is 8.83. The summed E-state index contributed by atoms with van der Waals surface area (Å²) in [5.74, 6) is 0.199. The van der Waals surface area contributed by atoms with Crippen molar-refractivity contribution in [1.82, 2.24) is 0 Å². The van der Waals surface area contributed by atoms with Gasteiger partial charge in [0, 0.05) is 5.56 Å². The summed E-state index contributed by atoms with van der Waals surface area (Å²) in [4.78, 5) is 0. The Morgan fingerprint density at radius 2 is 1.58 bits per heavy atom. The summed E-state index contributed by atoms with van der Waals surface area (Å²) < 4.78 is 0. The summed E-state index contributed by atoms with van der Waals surface area (Å²) in [7, 11) is 0. The van der Waals surface area contributed by atoms with E-state index in [0.717, 1.165) is 0 Å². The zero-order valence-corrected chi connectivity index (χ0v) is 6.33. The molecular weight excluding hydrogens is 160 g/mol. The minimum Gasteiger partial charge on any atom is -0.508 e. The third kappa shape index (κ3) is 3.00. The molecule has 1 rings (SSSR count). The lowest BCUT2D eigenvalue weighted by molar-refractivity contribution is 0.475. The number of nitrogen functional groups attached to an aromatic ring is 1. The second-order valence-corrected chi connectivity index (χ2v) is 1.96. The van der Waals surface area contributed by atoms with E-state index in [2.05, 4.69) is 0 Å². The molecule has 12 heavy (non-hydrogen) atoms. The number of hydrogen-bond acceptors (Lipinski definition) is 2. The summed E-state index contributed by atoms with van der Waals surface area (Å²) in [6.07, 6.45) is 0. The summed E-state index contributed by atoms with van der Waals surface area (Å²) in [6.45, 7) is 0. The summed E-state index contributed by atoms with van der Waals surface area (Å²) in [6, 6.07) is 6.18. The molecule has 0 fully saturated rings. The first-order valence-corrected chi connectivity index (χ1v) is 2.83. The van der Waals surface area contributed by atoms with Crippen LogP contribution in [0.3, 0.4) is 0 Å². The molecule has 0 atom stereocenters. The van der Waals surface area contributed by atoms with E-state index in [0.29, 0.717) is 5.56 Å². The molecule has 8 N–H and O–H groups in total. The Hall–Kier alpha value is -1.59. The van der Waals surface area contributed by atoms with Gasteiger partial charge in [0.2, 0.25) is 0 Å². The fraction of sp³-hybridized carbons (Fsp3) is 0. The summed E-state index contributed by atoms with van der Waals surface area (Å²) >= 11 is 0. The van der Waals surface area contributed by atoms with E-state index in [-0.39, 0.29) is 22.5 Å². The van der Waals surface area contributed by atoms with Gasteiger partial charge in [-0.15, -0.1) is 0 Å². The highest BCUT2D eigenvalue weighted by Crippen LogP contribution is 2.08. The van der Waals surface area contributed by atoms with Crippen molar-refractivity contribution < 1.29 is 16.1 Å². The van der Waals surface area contributed by atoms with Crippen LogP contribution >= 0.6 is 0 Å². The van der Waals surface area contributed by atoms with Crippen LogP contribution in [-0.4, -0.2) is 21.9 Å². The van der Waals surface area contributed by atoms with E-state index in [9.17, 15) is 0 Å². The second-order valence-electron chi connectivity index (χ2n) is 1.96. The fourth-order valence-electron chi connectivity index (χ4n) is 0.641. The monoisotopic (exact) mass is 172 g/mol. The molecule has 5 nitrogen and oxygen atoms in total. The van der Waals surface area contributed by atoms with Crippen LogP contribution in [0.25, 0.3) is 0 Å². The molecule has 0 aliphatic rings. The maximum Gasteiger partial charge on any atom is 0.122 e. The minimum absolute atomic E-state index is 0.